The number of amides is 2. The van der Waals surface area contributed by atoms with Gasteiger partial charge in [0.05, 0.1) is 10.5 Å². The number of anilines is 1. The number of esters is 1. The molecule has 2 amide bonds. The second-order valence-corrected chi connectivity index (χ2v) is 9.89. The van der Waals surface area contributed by atoms with E-state index in [1.807, 2.05) is 0 Å². The molecule has 0 spiro atoms. The van der Waals surface area contributed by atoms with Gasteiger partial charge in [0, 0.05) is 24.2 Å². The Bertz CT molecular complexity index is 1070. The van der Waals surface area contributed by atoms with Gasteiger partial charge in [0.2, 0.25) is 5.91 Å². The first-order valence-electron chi connectivity index (χ1n) is 11.0. The predicted molar refractivity (Wildman–Crippen MR) is 130 cm³/mol. The maximum absolute atomic E-state index is 13.0. The first kappa shape index (κ1) is 27.3. The molecule has 0 unspecified atom stereocenters. The highest BCUT2D eigenvalue weighted by Gasteiger charge is 2.25. The van der Waals surface area contributed by atoms with Gasteiger partial charge in [0.25, 0.3) is 5.69 Å². The number of alkyl carbamates (subject to hydrolysis) is 1. The van der Waals surface area contributed by atoms with Crippen LogP contribution in [0.3, 0.4) is 0 Å². The molecule has 0 aromatic heterocycles. The molecule has 2 aromatic carbocycles. The number of ether oxygens (including phenoxy) is 2. The fraction of sp³-hybridized carbons (Fsp3) is 0.400. The summed E-state index contributed by atoms with van der Waals surface area (Å²) >= 11 is 0. The minimum absolute atomic E-state index is 0.0685. The number of carbonyl (C=O) groups is 3. The van der Waals surface area contributed by atoms with E-state index in [1.165, 1.54) is 36.4 Å². The van der Waals surface area contributed by atoms with Crippen LogP contribution in [0.15, 0.2) is 48.5 Å². The van der Waals surface area contributed by atoms with E-state index in [4.69, 9.17) is 9.47 Å². The smallest absolute Gasteiger partial charge is 0.408 e. The molecule has 10 nitrogen and oxygen atoms in total. The Kier molecular flexibility index (Phi) is 8.57. The van der Waals surface area contributed by atoms with Gasteiger partial charge in [-0.1, -0.05) is 12.1 Å². The molecule has 0 bridgehead atoms. The van der Waals surface area contributed by atoms with Crippen molar-refractivity contribution in [1.29, 1.82) is 0 Å². The Morgan fingerprint density at radius 3 is 1.91 bits per heavy atom. The molecule has 0 saturated heterocycles. The number of benzene rings is 2. The van der Waals surface area contributed by atoms with Crippen LogP contribution < -0.4 is 10.6 Å². The molecule has 2 aromatic rings. The zero-order valence-electron chi connectivity index (χ0n) is 20.7. The van der Waals surface area contributed by atoms with Gasteiger partial charge in [0.1, 0.15) is 17.2 Å². The second kappa shape index (κ2) is 11.0. The SMILES string of the molecule is CC(C)(C)OC(=O)N[C@@H](Cc1ccc([N+](=O)[O-])cc1)C(=O)Nc1ccc(C(=O)OC(C)(C)C)cc1. The highest BCUT2D eigenvalue weighted by atomic mass is 16.6. The van der Waals surface area contributed by atoms with Crippen LogP contribution in [0.1, 0.15) is 57.5 Å². The zero-order chi connectivity index (χ0) is 26.4. The number of nitro groups is 1. The third-order valence-electron chi connectivity index (χ3n) is 4.38. The molecule has 2 rings (SSSR count). The van der Waals surface area contributed by atoms with Crippen LogP contribution in [0.4, 0.5) is 16.2 Å². The molecule has 0 aliphatic heterocycles. The van der Waals surface area contributed by atoms with Gasteiger partial charge >= 0.3 is 12.1 Å². The summed E-state index contributed by atoms with van der Waals surface area (Å²) < 4.78 is 10.6. The van der Waals surface area contributed by atoms with E-state index in [0.29, 0.717) is 16.8 Å². The monoisotopic (exact) mass is 485 g/mol. The highest BCUT2D eigenvalue weighted by Crippen LogP contribution is 2.17. The van der Waals surface area contributed by atoms with Crippen LogP contribution >= 0.6 is 0 Å². The normalized spacial score (nSPS) is 12.3. The summed E-state index contributed by atoms with van der Waals surface area (Å²) in [6.45, 7) is 10.4. The lowest BCUT2D eigenvalue weighted by atomic mass is 10.0. The number of nitrogens with zero attached hydrogens (tertiary/aromatic N) is 1. The van der Waals surface area contributed by atoms with Gasteiger partial charge in [-0.2, -0.15) is 0 Å². The fourth-order valence-electron chi connectivity index (χ4n) is 2.90. The highest BCUT2D eigenvalue weighted by molar-refractivity contribution is 5.97. The molecular formula is C25H31N3O7. The second-order valence-electron chi connectivity index (χ2n) is 9.89. The van der Waals surface area contributed by atoms with Gasteiger partial charge in [-0.05, 0) is 71.4 Å². The molecule has 0 fully saturated rings. The third kappa shape index (κ3) is 9.44. The first-order valence-corrected chi connectivity index (χ1v) is 11.0. The largest absolute Gasteiger partial charge is 0.456 e. The molecule has 0 saturated carbocycles. The minimum Gasteiger partial charge on any atom is -0.456 e. The Balaban J connectivity index is 2.16. The molecule has 1 atom stereocenters. The molecule has 0 aliphatic carbocycles. The number of nitro benzene ring substituents is 1. The van der Waals surface area contributed by atoms with Crippen LogP contribution in [-0.2, 0) is 20.7 Å². The Labute approximate surface area is 204 Å². The maximum Gasteiger partial charge on any atom is 0.408 e. The van der Waals surface area contributed by atoms with Crippen molar-refractivity contribution < 1.29 is 28.8 Å². The average Bonchev–Trinajstić information content (AvgIpc) is 2.71. The number of hydrogen-bond acceptors (Lipinski definition) is 7. The molecule has 35 heavy (non-hydrogen) atoms. The van der Waals surface area contributed by atoms with Crippen molar-refractivity contribution in [1.82, 2.24) is 5.32 Å². The molecule has 0 radical (unpaired) electrons. The minimum atomic E-state index is -1.03. The van der Waals surface area contributed by atoms with Crippen molar-refractivity contribution in [3.63, 3.8) is 0 Å². The molecule has 0 heterocycles. The van der Waals surface area contributed by atoms with Gasteiger partial charge in [-0.15, -0.1) is 0 Å². The van der Waals surface area contributed by atoms with E-state index in [0.717, 1.165) is 0 Å². The van der Waals surface area contributed by atoms with E-state index >= 15 is 0 Å². The zero-order valence-corrected chi connectivity index (χ0v) is 20.7. The number of nitrogens with one attached hydrogen (secondary N) is 2. The summed E-state index contributed by atoms with van der Waals surface area (Å²) in [5, 5.41) is 16.2. The van der Waals surface area contributed by atoms with Gasteiger partial charge < -0.3 is 20.1 Å². The summed E-state index contributed by atoms with van der Waals surface area (Å²) in [7, 11) is 0. The van der Waals surface area contributed by atoms with E-state index in [9.17, 15) is 24.5 Å². The van der Waals surface area contributed by atoms with Crippen molar-refractivity contribution in [2.24, 2.45) is 0 Å². The van der Waals surface area contributed by atoms with E-state index in [1.54, 1.807) is 53.7 Å². The number of carbonyl (C=O) groups excluding carboxylic acids is 3. The quantitative estimate of drug-likeness (QED) is 0.331. The van der Waals surface area contributed by atoms with Crippen molar-refractivity contribution in [3.05, 3.63) is 69.8 Å². The van der Waals surface area contributed by atoms with Crippen molar-refractivity contribution in [2.75, 3.05) is 5.32 Å². The molecule has 10 heteroatoms. The first-order chi connectivity index (χ1) is 16.1. The third-order valence-corrected chi connectivity index (χ3v) is 4.38. The van der Waals surface area contributed by atoms with Crippen LogP contribution in [0.5, 0.6) is 0 Å². The Morgan fingerprint density at radius 1 is 0.886 bits per heavy atom. The van der Waals surface area contributed by atoms with Gasteiger partial charge in [0.15, 0.2) is 0 Å². The molecule has 2 N–H and O–H groups in total. The van der Waals surface area contributed by atoms with Crippen molar-refractivity contribution >= 4 is 29.3 Å². The topological polar surface area (TPSA) is 137 Å². The maximum atomic E-state index is 13.0. The fourth-order valence-corrected chi connectivity index (χ4v) is 2.90. The lowest BCUT2D eigenvalue weighted by Gasteiger charge is -2.23. The van der Waals surface area contributed by atoms with E-state index < -0.39 is 40.1 Å². The lowest BCUT2D eigenvalue weighted by Crippen LogP contribution is -2.47. The van der Waals surface area contributed by atoms with Gasteiger partial charge in [-0.25, -0.2) is 9.59 Å². The summed E-state index contributed by atoms with van der Waals surface area (Å²) in [5.41, 5.74) is -0.153. The Morgan fingerprint density at radius 2 is 1.43 bits per heavy atom. The average molecular weight is 486 g/mol. The molecular weight excluding hydrogens is 454 g/mol. The van der Waals surface area contributed by atoms with E-state index in [-0.39, 0.29) is 12.1 Å². The standard InChI is InChI=1S/C25H31N3O7/c1-24(2,3)34-22(30)17-9-11-18(12-10-17)26-21(29)20(27-23(31)35-25(4,5)6)15-16-7-13-19(14-8-16)28(32)33/h7-14,20H,15H2,1-6H3,(H,26,29)(H,27,31)/t20-/m0/s1. The van der Waals surface area contributed by atoms with Crippen LogP contribution in [0.2, 0.25) is 0 Å². The number of non-ortho nitro benzene ring substituents is 1. The molecule has 188 valence electrons. The van der Waals surface area contributed by atoms with Crippen molar-refractivity contribution in [3.8, 4) is 0 Å². The van der Waals surface area contributed by atoms with Crippen LogP contribution in [0.25, 0.3) is 0 Å². The Hall–Kier alpha value is -3.95. The van der Waals surface area contributed by atoms with Crippen molar-refractivity contribution in [2.45, 2.75) is 65.2 Å². The number of rotatable bonds is 7. The number of hydrogen-bond donors (Lipinski definition) is 2. The summed E-state index contributed by atoms with van der Waals surface area (Å²) in [6, 6.07) is 10.8. The lowest BCUT2D eigenvalue weighted by molar-refractivity contribution is -0.384. The van der Waals surface area contributed by atoms with Gasteiger partial charge in [-0.3, -0.25) is 14.9 Å². The summed E-state index contributed by atoms with van der Waals surface area (Å²) in [6.07, 6.45) is -0.709. The predicted octanol–water partition coefficient (Wildman–Crippen LogP) is 4.62. The van der Waals surface area contributed by atoms with Crippen LogP contribution in [-0.4, -0.2) is 40.1 Å². The summed E-state index contributed by atoms with van der Waals surface area (Å²) in [4.78, 5) is 47.9. The summed E-state index contributed by atoms with van der Waals surface area (Å²) in [5.74, 6) is -1.02. The molecule has 0 aliphatic rings. The van der Waals surface area contributed by atoms with E-state index in [2.05, 4.69) is 10.6 Å². The van der Waals surface area contributed by atoms with Crippen LogP contribution in [0, 0.1) is 10.1 Å².